The zero-order valence-electron chi connectivity index (χ0n) is 18.3. The lowest BCUT2D eigenvalue weighted by Crippen LogP contribution is -2.55. The number of fused-ring (bicyclic) bond motifs is 2. The van der Waals surface area contributed by atoms with Gasteiger partial charge in [0, 0.05) is 11.8 Å². The summed E-state index contributed by atoms with van der Waals surface area (Å²) in [4.78, 5) is 50.6. The molecule has 0 aromatic rings. The average molecular weight is 455 g/mol. The van der Waals surface area contributed by atoms with Crippen LogP contribution in [0.5, 0.6) is 0 Å². The van der Waals surface area contributed by atoms with Crippen molar-refractivity contribution in [1.29, 1.82) is 0 Å². The minimum Gasteiger partial charge on any atom is -0.328 e. The van der Waals surface area contributed by atoms with Crippen molar-refractivity contribution in [2.24, 2.45) is 0 Å². The molecule has 2 N–H and O–H groups in total. The van der Waals surface area contributed by atoms with Gasteiger partial charge in [0.1, 0.15) is 6.04 Å². The van der Waals surface area contributed by atoms with Crippen LogP contribution in [0.2, 0.25) is 0 Å². The number of carbonyl (C=O) groups is 4. The third-order valence-corrected chi connectivity index (χ3v) is 8.18. The topological polar surface area (TPSA) is 98.8 Å². The molecule has 0 bridgehead atoms. The molecule has 31 heavy (non-hydrogen) atoms. The van der Waals surface area contributed by atoms with E-state index >= 15 is 0 Å². The highest BCUT2D eigenvalue weighted by Crippen LogP contribution is 2.36. The molecule has 9 heteroatoms. The second-order valence-corrected chi connectivity index (χ2v) is 9.81. The number of nitrogens with one attached hydrogen (secondary N) is 2. The van der Waals surface area contributed by atoms with Crippen molar-refractivity contribution in [3.05, 3.63) is 0 Å². The van der Waals surface area contributed by atoms with Gasteiger partial charge in [-0.05, 0) is 66.5 Å². The predicted octanol–water partition coefficient (Wildman–Crippen LogP) is 1.18. The van der Waals surface area contributed by atoms with E-state index < -0.39 is 0 Å². The van der Waals surface area contributed by atoms with E-state index in [0.717, 1.165) is 44.3 Å². The molecule has 8 nitrogen and oxygen atoms in total. The number of amides is 2. The molecule has 0 aliphatic carbocycles. The normalized spacial score (nSPS) is 34.3. The van der Waals surface area contributed by atoms with Gasteiger partial charge in [-0.1, -0.05) is 7.43 Å². The third-order valence-electron chi connectivity index (χ3n) is 6.83. The second kappa shape index (κ2) is 10.9. The molecule has 0 aromatic carbocycles. The van der Waals surface area contributed by atoms with Crippen LogP contribution in [0, 0.1) is 0 Å². The van der Waals surface area contributed by atoms with Gasteiger partial charge < -0.3 is 20.4 Å². The monoisotopic (exact) mass is 454 g/mol. The maximum absolute atomic E-state index is 12.1. The quantitative estimate of drug-likeness (QED) is 0.658. The summed E-state index contributed by atoms with van der Waals surface area (Å²) in [5, 5.41) is 6.27. The van der Waals surface area contributed by atoms with Gasteiger partial charge in [-0.25, -0.2) is 0 Å². The number of ketones is 2. The maximum Gasteiger partial charge on any atom is 0.241 e. The Morgan fingerprint density at radius 2 is 1.32 bits per heavy atom. The molecular weight excluding hydrogens is 416 g/mol. The van der Waals surface area contributed by atoms with E-state index in [0.29, 0.717) is 6.04 Å². The number of hydrogen-bond acceptors (Lipinski definition) is 7. The highest BCUT2D eigenvalue weighted by atomic mass is 32.2. The Kier molecular flexibility index (Phi) is 9.09. The lowest BCUT2D eigenvalue weighted by atomic mass is 9.98. The van der Waals surface area contributed by atoms with Crippen LogP contribution >= 0.6 is 11.8 Å². The van der Waals surface area contributed by atoms with Crippen LogP contribution in [0.4, 0.5) is 0 Å². The molecule has 176 valence electrons. The van der Waals surface area contributed by atoms with Gasteiger partial charge in [-0.3, -0.25) is 19.2 Å². The molecule has 0 spiro atoms. The van der Waals surface area contributed by atoms with Crippen LogP contribution in [0.3, 0.4) is 0 Å². The molecule has 4 aliphatic rings. The number of thioether (sulfide) groups is 1. The molecule has 4 saturated heterocycles. The Morgan fingerprint density at radius 3 is 1.87 bits per heavy atom. The number of nitrogens with zero attached hydrogens (tertiary/aromatic N) is 2. The van der Waals surface area contributed by atoms with Crippen molar-refractivity contribution < 1.29 is 19.2 Å². The van der Waals surface area contributed by atoms with Gasteiger partial charge in [-0.2, -0.15) is 0 Å². The van der Waals surface area contributed by atoms with Crippen molar-refractivity contribution in [2.45, 2.75) is 95.4 Å². The minimum atomic E-state index is -0.191. The minimum absolute atomic E-state index is 0. The van der Waals surface area contributed by atoms with Crippen LogP contribution in [-0.4, -0.2) is 88.6 Å². The lowest BCUT2D eigenvalue weighted by Gasteiger charge is -2.37. The van der Waals surface area contributed by atoms with Crippen molar-refractivity contribution in [3.8, 4) is 0 Å². The summed E-state index contributed by atoms with van der Waals surface area (Å²) in [5.41, 5.74) is 0. The van der Waals surface area contributed by atoms with Crippen molar-refractivity contribution in [1.82, 2.24) is 20.4 Å². The molecule has 0 radical (unpaired) electrons. The molecule has 4 rings (SSSR count). The van der Waals surface area contributed by atoms with E-state index in [2.05, 4.69) is 10.6 Å². The van der Waals surface area contributed by atoms with E-state index in [-0.39, 0.29) is 60.3 Å². The zero-order chi connectivity index (χ0) is 22.0. The van der Waals surface area contributed by atoms with Gasteiger partial charge in [-0.15, -0.1) is 11.8 Å². The summed E-state index contributed by atoms with van der Waals surface area (Å²) in [6.07, 6.45) is 5.65. The number of hydrogen-bond donors (Lipinski definition) is 2. The molecule has 6 unspecified atom stereocenters. The fourth-order valence-corrected chi connectivity index (χ4v) is 6.62. The second-order valence-electron chi connectivity index (χ2n) is 8.60. The molecule has 4 aliphatic heterocycles. The van der Waals surface area contributed by atoms with Crippen molar-refractivity contribution >= 4 is 35.1 Å². The zero-order valence-corrected chi connectivity index (χ0v) is 19.2. The number of carbonyl (C=O) groups excluding carboxylic acids is 4. The Balaban J connectivity index is 0.000000213. The van der Waals surface area contributed by atoms with Crippen LogP contribution in [0.1, 0.15) is 59.8 Å². The van der Waals surface area contributed by atoms with Crippen molar-refractivity contribution in [2.75, 3.05) is 19.8 Å². The smallest absolute Gasteiger partial charge is 0.241 e. The number of Topliss-reactive ketones (excluding diaryl/α,β-unsaturated/α-hetero) is 2. The van der Waals surface area contributed by atoms with Crippen LogP contribution in [-0.2, 0) is 19.2 Å². The number of likely N-dealkylation sites (N-methyl/N-ethyl adjacent to an activating group) is 2. The molecule has 0 aromatic heterocycles. The first kappa shape index (κ1) is 25.8. The SMILES string of the molecule is C.CNC1CCC2CCC(C(C)=O)N2C1=O.CNC1CCC2SCC(C(C)=O)N2C1=O. The summed E-state index contributed by atoms with van der Waals surface area (Å²) >= 11 is 1.74. The van der Waals surface area contributed by atoms with E-state index in [1.54, 1.807) is 37.6 Å². The first-order valence-electron chi connectivity index (χ1n) is 10.9. The van der Waals surface area contributed by atoms with Crippen molar-refractivity contribution in [3.63, 3.8) is 0 Å². The Bertz CT molecular complexity index is 645. The Morgan fingerprint density at radius 1 is 0.806 bits per heavy atom. The maximum atomic E-state index is 12.1. The number of piperidine rings is 2. The van der Waals surface area contributed by atoms with E-state index in [1.165, 1.54) is 0 Å². The number of rotatable bonds is 4. The summed E-state index contributed by atoms with van der Waals surface area (Å²) in [5.74, 6) is 1.21. The first-order valence-corrected chi connectivity index (χ1v) is 12.0. The largest absolute Gasteiger partial charge is 0.328 e. The Hall–Kier alpha value is -1.45. The molecular formula is C22H38N4O4S. The molecule has 4 heterocycles. The summed E-state index contributed by atoms with van der Waals surface area (Å²) in [7, 11) is 3.61. The van der Waals surface area contributed by atoms with E-state index in [4.69, 9.17) is 0 Å². The fourth-order valence-electron chi connectivity index (χ4n) is 5.10. The van der Waals surface area contributed by atoms with Gasteiger partial charge in [0.05, 0.1) is 23.5 Å². The van der Waals surface area contributed by atoms with Crippen LogP contribution < -0.4 is 10.6 Å². The van der Waals surface area contributed by atoms with E-state index in [1.807, 2.05) is 11.9 Å². The summed E-state index contributed by atoms with van der Waals surface area (Å²) in [6.45, 7) is 3.16. The highest BCUT2D eigenvalue weighted by molar-refractivity contribution is 8.00. The van der Waals surface area contributed by atoms with Gasteiger partial charge in [0.15, 0.2) is 11.6 Å². The average Bonchev–Trinajstić information content (AvgIpc) is 3.34. The third kappa shape index (κ3) is 5.14. The fraction of sp³-hybridized carbons (Fsp3) is 0.818. The highest BCUT2D eigenvalue weighted by Gasteiger charge is 2.45. The lowest BCUT2D eigenvalue weighted by molar-refractivity contribution is -0.143. The predicted molar refractivity (Wildman–Crippen MR) is 123 cm³/mol. The van der Waals surface area contributed by atoms with Crippen LogP contribution in [0.15, 0.2) is 0 Å². The first-order chi connectivity index (χ1) is 14.3. The van der Waals surface area contributed by atoms with Gasteiger partial charge >= 0.3 is 0 Å². The van der Waals surface area contributed by atoms with E-state index in [9.17, 15) is 19.2 Å². The molecule has 0 saturated carbocycles. The molecule has 4 fully saturated rings. The standard InChI is InChI=1S/C11H18N2O2.C10H16N2O2S.CH4/c1-7(14)10-6-4-8-3-5-9(12-2)11(15)13(8)10;1-6(13)8-5-15-9-4-3-7(11-2)10(14)12(8)9;/h8-10,12H,3-6H2,1-2H3;7-9,11H,3-5H2,1-2H3;1H4. The molecule has 6 atom stereocenters. The summed E-state index contributed by atoms with van der Waals surface area (Å²) < 4.78 is 0. The van der Waals surface area contributed by atoms with Gasteiger partial charge in [0.25, 0.3) is 0 Å². The molecule has 2 amide bonds. The Labute approximate surface area is 190 Å². The van der Waals surface area contributed by atoms with Crippen LogP contribution in [0.25, 0.3) is 0 Å². The summed E-state index contributed by atoms with van der Waals surface area (Å²) in [6, 6.07) is -0.207. The van der Waals surface area contributed by atoms with Gasteiger partial charge in [0.2, 0.25) is 11.8 Å².